The average molecular weight is 317 g/mol. The summed E-state index contributed by atoms with van der Waals surface area (Å²) in [6, 6.07) is 11.4. The molecule has 1 aromatic heterocycles. The third-order valence-electron chi connectivity index (χ3n) is 2.43. The van der Waals surface area contributed by atoms with E-state index >= 15 is 0 Å². The molecule has 1 aromatic carbocycles. The van der Waals surface area contributed by atoms with Gasteiger partial charge in [-0.2, -0.15) is 5.26 Å². The number of rotatable bonds is 3. The Kier molecular flexibility index (Phi) is 3.83. The van der Waals surface area contributed by atoms with Gasteiger partial charge in [-0.3, -0.25) is 0 Å². The number of hydrogen-bond acceptors (Lipinski definition) is 4. The number of hydrogen-bond donors (Lipinski definition) is 0. The number of allylic oxidation sites excluding steroid dienone is 1. The van der Waals surface area contributed by atoms with Gasteiger partial charge in [0.25, 0.3) is 0 Å². The van der Waals surface area contributed by atoms with Gasteiger partial charge in [-0.15, -0.1) is 0 Å². The Balaban J connectivity index is 2.35. The van der Waals surface area contributed by atoms with E-state index in [4.69, 9.17) is 9.68 Å². The molecule has 0 fully saturated rings. The molecule has 0 spiro atoms. The fraction of sp³-hybridized carbons (Fsp3) is 0. The fourth-order valence-corrected chi connectivity index (χ4v) is 1.83. The number of furan rings is 1. The molecular formula is C14H7BrNO3-. The lowest BCUT2D eigenvalue weighted by atomic mass is 10.0. The normalized spacial score (nSPS) is 11.1. The number of benzene rings is 1. The van der Waals surface area contributed by atoms with Crippen LogP contribution in [0.2, 0.25) is 0 Å². The highest BCUT2D eigenvalue weighted by Crippen LogP contribution is 2.21. The zero-order valence-electron chi connectivity index (χ0n) is 9.59. The van der Waals surface area contributed by atoms with Gasteiger partial charge in [0.15, 0.2) is 4.67 Å². The van der Waals surface area contributed by atoms with Crippen molar-refractivity contribution in [3.8, 4) is 6.07 Å². The first-order chi connectivity index (χ1) is 9.10. The van der Waals surface area contributed by atoms with Crippen LogP contribution in [0.3, 0.4) is 0 Å². The zero-order valence-corrected chi connectivity index (χ0v) is 11.2. The van der Waals surface area contributed by atoms with Crippen molar-refractivity contribution in [3.05, 3.63) is 58.0 Å². The van der Waals surface area contributed by atoms with E-state index in [2.05, 4.69) is 15.9 Å². The molecule has 0 aliphatic heterocycles. The van der Waals surface area contributed by atoms with E-state index in [1.54, 1.807) is 30.3 Å². The van der Waals surface area contributed by atoms with Gasteiger partial charge in [0.1, 0.15) is 5.76 Å². The monoisotopic (exact) mass is 316 g/mol. The molecule has 0 aliphatic rings. The molecule has 0 atom stereocenters. The lowest BCUT2D eigenvalue weighted by Gasteiger charge is -2.03. The number of carboxylic acid groups (broad SMARTS) is 1. The highest BCUT2D eigenvalue weighted by atomic mass is 79.9. The molecule has 0 radical (unpaired) electrons. The van der Waals surface area contributed by atoms with Gasteiger partial charge in [-0.1, -0.05) is 24.3 Å². The summed E-state index contributed by atoms with van der Waals surface area (Å²) < 4.78 is 5.86. The summed E-state index contributed by atoms with van der Waals surface area (Å²) in [6.45, 7) is 0. The highest BCUT2D eigenvalue weighted by molar-refractivity contribution is 9.10. The minimum absolute atomic E-state index is 0.0711. The predicted molar refractivity (Wildman–Crippen MR) is 70.7 cm³/mol. The van der Waals surface area contributed by atoms with E-state index in [9.17, 15) is 9.90 Å². The maximum Gasteiger partial charge on any atom is 0.169 e. The van der Waals surface area contributed by atoms with Crippen LogP contribution < -0.4 is 5.11 Å². The molecule has 19 heavy (non-hydrogen) atoms. The number of aromatic carboxylic acids is 1. The summed E-state index contributed by atoms with van der Waals surface area (Å²) in [5.74, 6) is -0.712. The summed E-state index contributed by atoms with van der Waals surface area (Å²) in [7, 11) is 0. The van der Waals surface area contributed by atoms with Crippen LogP contribution in [0.25, 0.3) is 11.6 Å². The minimum Gasteiger partial charge on any atom is -0.545 e. The van der Waals surface area contributed by atoms with E-state index in [-0.39, 0.29) is 5.56 Å². The number of halogens is 1. The summed E-state index contributed by atoms with van der Waals surface area (Å²) in [4.78, 5) is 10.6. The predicted octanol–water partition coefficient (Wildman–Crippen LogP) is 2.47. The van der Waals surface area contributed by atoms with Crippen molar-refractivity contribution in [2.75, 3.05) is 0 Å². The standard InChI is InChI=1S/C14H8BrNO3/c15-13-6-5-12(19-13)7-11(8-16)9-1-3-10(4-2-9)14(17)18/h1-7H,(H,17,18)/p-1/b11-7-. The third kappa shape index (κ3) is 3.12. The van der Waals surface area contributed by atoms with Crippen LogP contribution in [0.15, 0.2) is 45.5 Å². The van der Waals surface area contributed by atoms with Gasteiger partial charge in [-0.25, -0.2) is 0 Å². The van der Waals surface area contributed by atoms with E-state index in [1.807, 2.05) is 6.07 Å². The van der Waals surface area contributed by atoms with E-state index in [0.717, 1.165) is 0 Å². The summed E-state index contributed by atoms with van der Waals surface area (Å²) in [5.41, 5.74) is 1.06. The van der Waals surface area contributed by atoms with Crippen molar-refractivity contribution in [2.45, 2.75) is 0 Å². The molecular weight excluding hydrogens is 310 g/mol. The third-order valence-corrected chi connectivity index (χ3v) is 2.86. The lowest BCUT2D eigenvalue weighted by molar-refractivity contribution is -0.255. The first kappa shape index (κ1) is 13.1. The number of carbonyl (C=O) groups is 1. The molecule has 0 bridgehead atoms. The van der Waals surface area contributed by atoms with Gasteiger partial charge in [-0.05, 0) is 45.3 Å². The molecule has 0 N–H and O–H groups in total. The highest BCUT2D eigenvalue weighted by Gasteiger charge is 2.04. The SMILES string of the molecule is N#C/C(=C/c1ccc(Br)o1)c1ccc(C(=O)[O-])cc1. The van der Waals surface area contributed by atoms with Gasteiger partial charge in [0.05, 0.1) is 17.6 Å². The van der Waals surface area contributed by atoms with Crippen LogP contribution in [0.5, 0.6) is 0 Å². The Morgan fingerprint density at radius 1 is 1.21 bits per heavy atom. The second-order valence-electron chi connectivity index (χ2n) is 3.68. The van der Waals surface area contributed by atoms with Crippen LogP contribution in [-0.4, -0.2) is 5.97 Å². The maximum absolute atomic E-state index is 10.6. The zero-order chi connectivity index (χ0) is 13.8. The molecule has 0 unspecified atom stereocenters. The number of carbonyl (C=O) groups excluding carboxylic acids is 1. The van der Waals surface area contributed by atoms with Crippen LogP contribution in [-0.2, 0) is 0 Å². The lowest BCUT2D eigenvalue weighted by Crippen LogP contribution is -2.21. The van der Waals surface area contributed by atoms with E-state index in [1.165, 1.54) is 12.1 Å². The number of nitrogens with zero attached hydrogens (tertiary/aromatic N) is 1. The Bertz CT molecular complexity index is 677. The van der Waals surface area contributed by atoms with E-state index < -0.39 is 5.97 Å². The van der Waals surface area contributed by atoms with Crippen molar-refractivity contribution >= 4 is 33.5 Å². The molecule has 0 saturated heterocycles. The summed E-state index contributed by atoms with van der Waals surface area (Å²) >= 11 is 3.17. The van der Waals surface area contributed by atoms with Gasteiger partial charge < -0.3 is 14.3 Å². The molecule has 0 saturated carbocycles. The first-order valence-corrected chi connectivity index (χ1v) is 6.08. The van der Waals surface area contributed by atoms with Gasteiger partial charge in [0, 0.05) is 0 Å². The Morgan fingerprint density at radius 3 is 2.32 bits per heavy atom. The molecule has 0 aliphatic carbocycles. The van der Waals surface area contributed by atoms with Crippen molar-refractivity contribution < 1.29 is 14.3 Å². The molecule has 4 nitrogen and oxygen atoms in total. The molecule has 5 heteroatoms. The molecule has 2 rings (SSSR count). The summed E-state index contributed by atoms with van der Waals surface area (Å²) in [5, 5.41) is 19.8. The van der Waals surface area contributed by atoms with Crippen LogP contribution in [0, 0.1) is 11.3 Å². The average Bonchev–Trinajstić information content (AvgIpc) is 2.81. The quantitative estimate of drug-likeness (QED) is 0.815. The smallest absolute Gasteiger partial charge is 0.169 e. The fourth-order valence-electron chi connectivity index (χ4n) is 1.51. The maximum atomic E-state index is 10.6. The molecule has 94 valence electrons. The largest absolute Gasteiger partial charge is 0.545 e. The van der Waals surface area contributed by atoms with Gasteiger partial charge in [0.2, 0.25) is 0 Å². The van der Waals surface area contributed by atoms with Crippen LogP contribution >= 0.6 is 15.9 Å². The second kappa shape index (κ2) is 5.55. The van der Waals surface area contributed by atoms with Crippen LogP contribution in [0.4, 0.5) is 0 Å². The van der Waals surface area contributed by atoms with Crippen molar-refractivity contribution in [1.29, 1.82) is 5.26 Å². The second-order valence-corrected chi connectivity index (χ2v) is 4.46. The van der Waals surface area contributed by atoms with E-state index in [0.29, 0.717) is 21.6 Å². The van der Waals surface area contributed by atoms with Gasteiger partial charge >= 0.3 is 0 Å². The van der Waals surface area contributed by atoms with Crippen molar-refractivity contribution in [2.24, 2.45) is 0 Å². The number of nitriles is 1. The molecule has 1 heterocycles. The molecule has 0 amide bonds. The van der Waals surface area contributed by atoms with Crippen molar-refractivity contribution in [1.82, 2.24) is 0 Å². The topological polar surface area (TPSA) is 77.1 Å². The van der Waals surface area contributed by atoms with Crippen LogP contribution in [0.1, 0.15) is 21.7 Å². The molecule has 2 aromatic rings. The Labute approximate surface area is 117 Å². The van der Waals surface area contributed by atoms with Crippen molar-refractivity contribution in [3.63, 3.8) is 0 Å². The summed E-state index contributed by atoms with van der Waals surface area (Å²) in [6.07, 6.45) is 1.58. The first-order valence-electron chi connectivity index (χ1n) is 5.29. The minimum atomic E-state index is -1.25. The Hall–Kier alpha value is -2.32. The number of carboxylic acids is 1. The Morgan fingerprint density at radius 2 is 1.84 bits per heavy atom.